The number of benzene rings is 2. The third-order valence-corrected chi connectivity index (χ3v) is 3.72. The van der Waals surface area contributed by atoms with E-state index in [-0.39, 0.29) is 5.41 Å². The molecule has 0 aliphatic heterocycles. The average Bonchev–Trinajstić information content (AvgIpc) is 2.33. The monoisotopic (exact) mass is 224 g/mol. The Bertz CT molecular complexity index is 507. The molecule has 88 valence electrons. The molecule has 0 aromatic heterocycles. The summed E-state index contributed by atoms with van der Waals surface area (Å²) in [5, 5.41) is 0. The maximum Gasteiger partial charge on any atom is 0.0146 e. The standard InChI is InChI=1S/C17H20/c1-13-10-11-16(12-14(13)2)17(3,4)15-8-6-5-7-9-15/h5-12H,1-4H3. The van der Waals surface area contributed by atoms with Gasteiger partial charge in [-0.1, -0.05) is 62.4 Å². The number of hydrogen-bond acceptors (Lipinski definition) is 0. The van der Waals surface area contributed by atoms with E-state index in [1.807, 2.05) is 0 Å². The predicted octanol–water partition coefficient (Wildman–Crippen LogP) is 4.63. The van der Waals surface area contributed by atoms with E-state index in [2.05, 4.69) is 76.2 Å². The molecule has 2 aromatic carbocycles. The molecule has 2 aromatic rings. The van der Waals surface area contributed by atoms with Crippen LogP contribution in [0.4, 0.5) is 0 Å². The number of hydrogen-bond donors (Lipinski definition) is 0. The summed E-state index contributed by atoms with van der Waals surface area (Å²) in [6.07, 6.45) is 0. The molecule has 0 fully saturated rings. The fourth-order valence-electron chi connectivity index (χ4n) is 2.15. The van der Waals surface area contributed by atoms with E-state index in [1.54, 1.807) is 0 Å². The summed E-state index contributed by atoms with van der Waals surface area (Å²) in [5.74, 6) is 0. The minimum absolute atomic E-state index is 0.0692. The molecule has 0 heteroatoms. The van der Waals surface area contributed by atoms with Crippen molar-refractivity contribution in [2.75, 3.05) is 0 Å². The van der Waals surface area contributed by atoms with Crippen LogP contribution in [0.5, 0.6) is 0 Å². The van der Waals surface area contributed by atoms with Gasteiger partial charge in [0.05, 0.1) is 0 Å². The molecule has 0 nitrogen and oxygen atoms in total. The summed E-state index contributed by atoms with van der Waals surface area (Å²) in [5.41, 5.74) is 5.54. The van der Waals surface area contributed by atoms with E-state index in [0.29, 0.717) is 0 Å². The zero-order chi connectivity index (χ0) is 12.5. The normalized spacial score (nSPS) is 11.5. The van der Waals surface area contributed by atoms with Crippen molar-refractivity contribution >= 4 is 0 Å². The van der Waals surface area contributed by atoms with Crippen LogP contribution in [-0.4, -0.2) is 0 Å². The Kier molecular flexibility index (Phi) is 3.06. The zero-order valence-electron chi connectivity index (χ0n) is 11.1. The predicted molar refractivity (Wildman–Crippen MR) is 74.5 cm³/mol. The van der Waals surface area contributed by atoms with E-state index in [1.165, 1.54) is 22.3 Å². The minimum atomic E-state index is 0.0692. The highest BCUT2D eigenvalue weighted by atomic mass is 14.3. The molecule has 0 spiro atoms. The number of aryl methyl sites for hydroxylation is 2. The lowest BCUT2D eigenvalue weighted by atomic mass is 9.77. The van der Waals surface area contributed by atoms with Crippen LogP contribution < -0.4 is 0 Å². The van der Waals surface area contributed by atoms with Crippen LogP contribution in [0.15, 0.2) is 48.5 Å². The minimum Gasteiger partial charge on any atom is -0.0622 e. The summed E-state index contributed by atoms with van der Waals surface area (Å²) in [6, 6.07) is 17.5. The van der Waals surface area contributed by atoms with Gasteiger partial charge in [-0.2, -0.15) is 0 Å². The summed E-state index contributed by atoms with van der Waals surface area (Å²) in [7, 11) is 0. The Morgan fingerprint density at radius 1 is 0.706 bits per heavy atom. The maximum absolute atomic E-state index is 2.31. The molecule has 2 rings (SSSR count). The lowest BCUT2D eigenvalue weighted by Gasteiger charge is -2.26. The Morgan fingerprint density at radius 2 is 1.35 bits per heavy atom. The van der Waals surface area contributed by atoms with Crippen molar-refractivity contribution in [2.45, 2.75) is 33.1 Å². The highest BCUT2D eigenvalue weighted by Gasteiger charge is 2.22. The van der Waals surface area contributed by atoms with Crippen molar-refractivity contribution in [1.29, 1.82) is 0 Å². The second kappa shape index (κ2) is 4.37. The van der Waals surface area contributed by atoms with Gasteiger partial charge in [0.2, 0.25) is 0 Å². The van der Waals surface area contributed by atoms with Gasteiger partial charge < -0.3 is 0 Å². The Labute approximate surface area is 104 Å². The van der Waals surface area contributed by atoms with Crippen molar-refractivity contribution in [1.82, 2.24) is 0 Å². The van der Waals surface area contributed by atoms with Crippen molar-refractivity contribution in [3.05, 3.63) is 70.8 Å². The van der Waals surface area contributed by atoms with E-state index in [0.717, 1.165) is 0 Å². The van der Waals surface area contributed by atoms with Crippen molar-refractivity contribution in [3.8, 4) is 0 Å². The Balaban J connectivity index is 2.48. The molecule has 0 saturated carbocycles. The molecule has 0 N–H and O–H groups in total. The summed E-state index contributed by atoms with van der Waals surface area (Å²) >= 11 is 0. The lowest BCUT2D eigenvalue weighted by Crippen LogP contribution is -2.18. The summed E-state index contributed by atoms with van der Waals surface area (Å²) < 4.78 is 0. The molecular weight excluding hydrogens is 204 g/mol. The third-order valence-electron chi connectivity index (χ3n) is 3.72. The largest absolute Gasteiger partial charge is 0.0622 e. The van der Waals surface area contributed by atoms with Gasteiger partial charge in [-0.15, -0.1) is 0 Å². The zero-order valence-corrected chi connectivity index (χ0v) is 11.1. The molecule has 0 amide bonds. The molecule has 0 atom stereocenters. The van der Waals surface area contributed by atoms with E-state index in [9.17, 15) is 0 Å². The Hall–Kier alpha value is -1.56. The first-order valence-corrected chi connectivity index (χ1v) is 6.15. The molecular formula is C17H20. The average molecular weight is 224 g/mol. The van der Waals surface area contributed by atoms with Crippen LogP contribution in [0.2, 0.25) is 0 Å². The Morgan fingerprint density at radius 3 is 1.94 bits per heavy atom. The maximum atomic E-state index is 2.31. The van der Waals surface area contributed by atoms with Gasteiger partial charge >= 0.3 is 0 Å². The second-order valence-corrected chi connectivity index (χ2v) is 5.29. The van der Waals surface area contributed by atoms with E-state index in [4.69, 9.17) is 0 Å². The third kappa shape index (κ3) is 2.26. The number of rotatable bonds is 2. The first kappa shape index (κ1) is 11.9. The van der Waals surface area contributed by atoms with Gasteiger partial charge in [-0.25, -0.2) is 0 Å². The molecule has 0 unspecified atom stereocenters. The van der Waals surface area contributed by atoms with Crippen molar-refractivity contribution in [3.63, 3.8) is 0 Å². The highest BCUT2D eigenvalue weighted by Crippen LogP contribution is 2.32. The SMILES string of the molecule is Cc1ccc(C(C)(C)c2ccccc2)cc1C. The van der Waals surface area contributed by atoms with Crippen molar-refractivity contribution < 1.29 is 0 Å². The molecule has 0 aliphatic carbocycles. The first-order chi connectivity index (χ1) is 8.01. The lowest BCUT2D eigenvalue weighted by molar-refractivity contribution is 0.640. The molecule has 0 saturated heterocycles. The highest BCUT2D eigenvalue weighted by molar-refractivity contribution is 5.41. The molecule has 17 heavy (non-hydrogen) atoms. The van der Waals surface area contributed by atoms with Gasteiger partial charge in [0.1, 0.15) is 0 Å². The first-order valence-electron chi connectivity index (χ1n) is 6.15. The van der Waals surface area contributed by atoms with Gasteiger partial charge in [0, 0.05) is 5.41 Å². The van der Waals surface area contributed by atoms with Gasteiger partial charge in [0.25, 0.3) is 0 Å². The fourth-order valence-corrected chi connectivity index (χ4v) is 2.15. The topological polar surface area (TPSA) is 0 Å². The van der Waals surface area contributed by atoms with Gasteiger partial charge in [-0.3, -0.25) is 0 Å². The second-order valence-electron chi connectivity index (χ2n) is 5.29. The van der Waals surface area contributed by atoms with Crippen LogP contribution in [0, 0.1) is 13.8 Å². The molecule has 0 radical (unpaired) electrons. The van der Waals surface area contributed by atoms with Gasteiger partial charge in [0.15, 0.2) is 0 Å². The van der Waals surface area contributed by atoms with Gasteiger partial charge in [-0.05, 0) is 36.1 Å². The molecule has 0 aliphatic rings. The van der Waals surface area contributed by atoms with Crippen LogP contribution in [-0.2, 0) is 5.41 Å². The van der Waals surface area contributed by atoms with E-state index < -0.39 is 0 Å². The smallest absolute Gasteiger partial charge is 0.0146 e. The van der Waals surface area contributed by atoms with Crippen LogP contribution in [0.3, 0.4) is 0 Å². The molecule has 0 bridgehead atoms. The summed E-state index contributed by atoms with van der Waals surface area (Å²) in [4.78, 5) is 0. The van der Waals surface area contributed by atoms with Crippen LogP contribution in [0.25, 0.3) is 0 Å². The van der Waals surface area contributed by atoms with Crippen molar-refractivity contribution in [2.24, 2.45) is 0 Å². The fraction of sp³-hybridized carbons (Fsp3) is 0.294. The quantitative estimate of drug-likeness (QED) is 0.697. The summed E-state index contributed by atoms with van der Waals surface area (Å²) in [6.45, 7) is 8.91. The van der Waals surface area contributed by atoms with Crippen LogP contribution in [0.1, 0.15) is 36.1 Å². The van der Waals surface area contributed by atoms with Crippen LogP contribution >= 0.6 is 0 Å². The van der Waals surface area contributed by atoms with E-state index >= 15 is 0 Å². The molecule has 0 heterocycles.